The van der Waals surface area contributed by atoms with Crippen LogP contribution in [0.1, 0.15) is 18.1 Å². The summed E-state index contributed by atoms with van der Waals surface area (Å²) in [5.41, 5.74) is 4.16. The fourth-order valence-electron chi connectivity index (χ4n) is 1.91. The van der Waals surface area contributed by atoms with Gasteiger partial charge in [-0.1, -0.05) is 24.3 Å². The Labute approximate surface area is 108 Å². The van der Waals surface area contributed by atoms with Gasteiger partial charge in [0, 0.05) is 13.1 Å². The van der Waals surface area contributed by atoms with Gasteiger partial charge in [-0.2, -0.15) is 0 Å². The van der Waals surface area contributed by atoms with Gasteiger partial charge < -0.3 is 5.11 Å². The van der Waals surface area contributed by atoms with Crippen LogP contribution in [0.2, 0.25) is 0 Å². The molecule has 0 radical (unpaired) electrons. The third kappa shape index (κ3) is 4.83. The van der Waals surface area contributed by atoms with Gasteiger partial charge in [-0.3, -0.25) is 15.1 Å². The van der Waals surface area contributed by atoms with E-state index in [0.29, 0.717) is 13.1 Å². The highest BCUT2D eigenvalue weighted by molar-refractivity contribution is 5.78. The summed E-state index contributed by atoms with van der Waals surface area (Å²) in [5, 5.41) is 9.33. The van der Waals surface area contributed by atoms with E-state index in [0.717, 1.165) is 11.1 Å². The summed E-state index contributed by atoms with van der Waals surface area (Å²) in [7, 11) is 1.94. The number of hydrazine groups is 1. The average Bonchev–Trinajstić information content (AvgIpc) is 2.30. The number of aliphatic hydroxyl groups excluding tert-OH is 1. The highest BCUT2D eigenvalue weighted by atomic mass is 16.3. The SMILES string of the molecule is CC(O)CN(C)Cc1ccccc1CC(=O)NN. The molecule has 0 aliphatic rings. The van der Waals surface area contributed by atoms with Crippen molar-refractivity contribution in [2.45, 2.75) is 26.0 Å². The van der Waals surface area contributed by atoms with Crippen molar-refractivity contribution in [3.8, 4) is 0 Å². The van der Waals surface area contributed by atoms with Crippen molar-refractivity contribution in [2.75, 3.05) is 13.6 Å². The average molecular weight is 251 g/mol. The lowest BCUT2D eigenvalue weighted by atomic mass is 10.0. The Balaban J connectivity index is 2.72. The molecule has 0 spiro atoms. The van der Waals surface area contributed by atoms with Crippen molar-refractivity contribution in [2.24, 2.45) is 5.84 Å². The van der Waals surface area contributed by atoms with Crippen molar-refractivity contribution in [1.82, 2.24) is 10.3 Å². The van der Waals surface area contributed by atoms with Crippen LogP contribution in [0.3, 0.4) is 0 Å². The number of likely N-dealkylation sites (N-methyl/N-ethyl adjacent to an activating group) is 1. The van der Waals surface area contributed by atoms with Crippen LogP contribution in [0.25, 0.3) is 0 Å². The maximum atomic E-state index is 11.3. The van der Waals surface area contributed by atoms with Crippen LogP contribution in [0.15, 0.2) is 24.3 Å². The van der Waals surface area contributed by atoms with Gasteiger partial charge >= 0.3 is 0 Å². The molecule has 1 unspecified atom stereocenters. The lowest BCUT2D eigenvalue weighted by Crippen LogP contribution is -2.32. The van der Waals surface area contributed by atoms with Crippen LogP contribution in [-0.2, 0) is 17.8 Å². The van der Waals surface area contributed by atoms with Gasteiger partial charge in [-0.15, -0.1) is 0 Å². The van der Waals surface area contributed by atoms with Crippen LogP contribution in [0.5, 0.6) is 0 Å². The molecule has 0 aliphatic heterocycles. The zero-order chi connectivity index (χ0) is 13.5. The summed E-state index contributed by atoms with van der Waals surface area (Å²) >= 11 is 0. The quantitative estimate of drug-likeness (QED) is 0.379. The normalized spacial score (nSPS) is 12.5. The van der Waals surface area contributed by atoms with E-state index < -0.39 is 0 Å². The Hall–Kier alpha value is -1.43. The second-order valence-electron chi connectivity index (χ2n) is 4.56. The molecule has 18 heavy (non-hydrogen) atoms. The molecule has 5 heteroatoms. The van der Waals surface area contributed by atoms with Crippen molar-refractivity contribution in [1.29, 1.82) is 0 Å². The molecular formula is C13H21N3O2. The number of hydrogen-bond donors (Lipinski definition) is 3. The highest BCUT2D eigenvalue weighted by Crippen LogP contribution is 2.12. The third-order valence-corrected chi connectivity index (χ3v) is 2.65. The molecule has 0 saturated carbocycles. The molecular weight excluding hydrogens is 230 g/mol. The maximum absolute atomic E-state index is 11.3. The minimum absolute atomic E-state index is 0.208. The second-order valence-corrected chi connectivity index (χ2v) is 4.56. The van der Waals surface area contributed by atoms with Crippen LogP contribution in [0, 0.1) is 0 Å². The number of nitrogens with two attached hydrogens (primary N) is 1. The molecule has 100 valence electrons. The predicted octanol–water partition coefficient (Wildman–Crippen LogP) is 0.0316. The number of nitrogens with one attached hydrogen (secondary N) is 1. The van der Waals surface area contributed by atoms with Gasteiger partial charge in [0.2, 0.25) is 5.91 Å². The monoisotopic (exact) mass is 251 g/mol. The topological polar surface area (TPSA) is 78.6 Å². The summed E-state index contributed by atoms with van der Waals surface area (Å²) in [5.74, 6) is 4.89. The van der Waals surface area contributed by atoms with E-state index in [1.807, 2.05) is 36.2 Å². The van der Waals surface area contributed by atoms with Gasteiger partial charge in [-0.05, 0) is 25.1 Å². The Morgan fingerprint density at radius 1 is 1.44 bits per heavy atom. The number of amides is 1. The Bertz CT molecular complexity index is 394. The number of hydrogen-bond acceptors (Lipinski definition) is 4. The Kier molecular flexibility index (Phi) is 5.77. The van der Waals surface area contributed by atoms with E-state index in [9.17, 15) is 9.90 Å². The number of aliphatic hydroxyl groups is 1. The minimum Gasteiger partial charge on any atom is -0.392 e. The van der Waals surface area contributed by atoms with Gasteiger partial charge in [0.05, 0.1) is 12.5 Å². The Morgan fingerprint density at radius 3 is 2.61 bits per heavy atom. The zero-order valence-corrected chi connectivity index (χ0v) is 10.9. The van der Waals surface area contributed by atoms with E-state index in [1.54, 1.807) is 6.92 Å². The highest BCUT2D eigenvalue weighted by Gasteiger charge is 2.09. The lowest BCUT2D eigenvalue weighted by Gasteiger charge is -2.20. The molecule has 0 bridgehead atoms. The first-order chi connectivity index (χ1) is 8.52. The van der Waals surface area contributed by atoms with Crippen LogP contribution in [0.4, 0.5) is 0 Å². The molecule has 0 aromatic heterocycles. The van der Waals surface area contributed by atoms with Crippen molar-refractivity contribution < 1.29 is 9.90 Å². The second kappa shape index (κ2) is 7.10. The summed E-state index contributed by atoms with van der Waals surface area (Å²) < 4.78 is 0. The van der Waals surface area contributed by atoms with Gasteiger partial charge in [0.1, 0.15) is 0 Å². The van der Waals surface area contributed by atoms with E-state index in [-0.39, 0.29) is 18.4 Å². The number of carbonyl (C=O) groups is 1. The summed E-state index contributed by atoms with van der Waals surface area (Å²) in [4.78, 5) is 13.3. The first-order valence-electron chi connectivity index (χ1n) is 5.95. The smallest absolute Gasteiger partial charge is 0.238 e. The third-order valence-electron chi connectivity index (χ3n) is 2.65. The van der Waals surface area contributed by atoms with Crippen LogP contribution >= 0.6 is 0 Å². The number of rotatable bonds is 6. The summed E-state index contributed by atoms with van der Waals surface area (Å²) in [6.45, 7) is 3.04. The van der Waals surface area contributed by atoms with Crippen LogP contribution in [-0.4, -0.2) is 35.6 Å². The molecule has 1 aromatic carbocycles. The Morgan fingerprint density at radius 2 is 2.06 bits per heavy atom. The fraction of sp³-hybridized carbons (Fsp3) is 0.462. The fourth-order valence-corrected chi connectivity index (χ4v) is 1.91. The molecule has 5 nitrogen and oxygen atoms in total. The first-order valence-corrected chi connectivity index (χ1v) is 5.95. The van der Waals surface area contributed by atoms with Crippen LogP contribution < -0.4 is 11.3 Å². The molecule has 4 N–H and O–H groups in total. The molecule has 0 aliphatic carbocycles. The van der Waals surface area contributed by atoms with Crippen molar-refractivity contribution >= 4 is 5.91 Å². The lowest BCUT2D eigenvalue weighted by molar-refractivity contribution is -0.120. The largest absolute Gasteiger partial charge is 0.392 e. The minimum atomic E-state index is -0.366. The number of carbonyl (C=O) groups excluding carboxylic acids is 1. The molecule has 0 fully saturated rings. The standard InChI is InChI=1S/C13H21N3O2/c1-10(17)8-16(2)9-12-6-4-3-5-11(12)7-13(18)15-14/h3-6,10,17H,7-9,14H2,1-2H3,(H,15,18). The number of nitrogens with zero attached hydrogens (tertiary/aromatic N) is 1. The van der Waals surface area contributed by atoms with E-state index in [1.165, 1.54) is 0 Å². The molecule has 1 amide bonds. The van der Waals surface area contributed by atoms with Crippen molar-refractivity contribution in [3.63, 3.8) is 0 Å². The van der Waals surface area contributed by atoms with Gasteiger partial charge in [0.15, 0.2) is 0 Å². The van der Waals surface area contributed by atoms with Crippen molar-refractivity contribution in [3.05, 3.63) is 35.4 Å². The first kappa shape index (κ1) is 14.6. The van der Waals surface area contributed by atoms with Gasteiger partial charge in [-0.25, -0.2) is 5.84 Å². The maximum Gasteiger partial charge on any atom is 0.238 e. The summed E-state index contributed by atoms with van der Waals surface area (Å²) in [6, 6.07) is 7.74. The predicted molar refractivity (Wildman–Crippen MR) is 70.5 cm³/mol. The number of benzene rings is 1. The molecule has 0 heterocycles. The van der Waals surface area contributed by atoms with E-state index in [2.05, 4.69) is 5.43 Å². The van der Waals surface area contributed by atoms with E-state index >= 15 is 0 Å². The molecule has 1 aromatic rings. The van der Waals surface area contributed by atoms with E-state index in [4.69, 9.17) is 5.84 Å². The van der Waals surface area contributed by atoms with Gasteiger partial charge in [0.25, 0.3) is 0 Å². The molecule has 0 saturated heterocycles. The zero-order valence-electron chi connectivity index (χ0n) is 10.9. The molecule has 1 atom stereocenters. The summed E-state index contributed by atoms with van der Waals surface area (Å²) in [6.07, 6.45) is -0.0932. The molecule has 1 rings (SSSR count).